The zero-order valence-electron chi connectivity index (χ0n) is 12.1. The molecule has 1 aromatic heterocycles. The van der Waals surface area contributed by atoms with Crippen molar-refractivity contribution in [1.29, 1.82) is 0 Å². The molecule has 2 N–H and O–H groups in total. The quantitative estimate of drug-likeness (QED) is 0.770. The molecular formula is C17H18N2O2. The summed E-state index contributed by atoms with van der Waals surface area (Å²) in [7, 11) is 1.71. The van der Waals surface area contributed by atoms with Crippen LogP contribution in [-0.2, 0) is 11.3 Å². The zero-order chi connectivity index (χ0) is 14.8. The molecule has 0 aliphatic rings. The molecule has 21 heavy (non-hydrogen) atoms. The van der Waals surface area contributed by atoms with Gasteiger partial charge in [-0.15, -0.1) is 0 Å². The van der Waals surface area contributed by atoms with Crippen LogP contribution in [0, 0.1) is 0 Å². The molecule has 0 amide bonds. The minimum atomic E-state index is -0.0785. The molecule has 4 heteroatoms. The summed E-state index contributed by atoms with van der Waals surface area (Å²) in [6, 6.07) is 14.4. The Balaban J connectivity index is 2.03. The Morgan fingerprint density at radius 1 is 1.19 bits per heavy atom. The first-order valence-corrected chi connectivity index (χ1v) is 6.94. The Hall–Kier alpha value is -2.17. The standard InChI is InChI=1S/C17H18N2O2/c1-11(21-2)12-4-3-5-13(8-12)14-6-7-15-16(9-14)19-17(10-20)18-15/h3-9,11,20H,10H2,1-2H3,(H,18,19)/t11-/m1/s1. The highest BCUT2D eigenvalue weighted by atomic mass is 16.5. The molecule has 0 bridgehead atoms. The third-order valence-electron chi connectivity index (χ3n) is 3.72. The lowest BCUT2D eigenvalue weighted by molar-refractivity contribution is 0.119. The van der Waals surface area contributed by atoms with Crippen LogP contribution in [0.15, 0.2) is 42.5 Å². The topological polar surface area (TPSA) is 58.1 Å². The third-order valence-corrected chi connectivity index (χ3v) is 3.72. The fraction of sp³-hybridized carbons (Fsp3) is 0.235. The van der Waals surface area contributed by atoms with Gasteiger partial charge in [-0.3, -0.25) is 0 Å². The van der Waals surface area contributed by atoms with Crippen molar-refractivity contribution in [1.82, 2.24) is 9.97 Å². The molecule has 0 spiro atoms. The van der Waals surface area contributed by atoms with Crippen LogP contribution in [0.25, 0.3) is 22.2 Å². The van der Waals surface area contributed by atoms with Crippen molar-refractivity contribution in [3.8, 4) is 11.1 Å². The van der Waals surface area contributed by atoms with E-state index in [0.29, 0.717) is 5.82 Å². The van der Waals surface area contributed by atoms with E-state index in [2.05, 4.69) is 34.2 Å². The molecular weight excluding hydrogens is 264 g/mol. The lowest BCUT2D eigenvalue weighted by atomic mass is 10.0. The van der Waals surface area contributed by atoms with Crippen LogP contribution in [0.4, 0.5) is 0 Å². The van der Waals surface area contributed by atoms with Gasteiger partial charge in [-0.25, -0.2) is 4.98 Å². The van der Waals surface area contributed by atoms with Gasteiger partial charge in [-0.1, -0.05) is 24.3 Å². The number of ether oxygens (including phenoxy) is 1. The van der Waals surface area contributed by atoms with E-state index in [0.717, 1.165) is 27.7 Å². The number of aromatic nitrogens is 2. The van der Waals surface area contributed by atoms with Gasteiger partial charge in [0.25, 0.3) is 0 Å². The summed E-state index contributed by atoms with van der Waals surface area (Å²) in [5.74, 6) is 0.587. The molecule has 0 aliphatic carbocycles. The molecule has 3 aromatic rings. The highest BCUT2D eigenvalue weighted by Gasteiger charge is 2.07. The SMILES string of the molecule is CO[C@H](C)c1cccc(-c2ccc3nc(CO)[nH]c3c2)c1. The largest absolute Gasteiger partial charge is 0.388 e. The van der Waals surface area contributed by atoms with Gasteiger partial charge >= 0.3 is 0 Å². The summed E-state index contributed by atoms with van der Waals surface area (Å²) < 4.78 is 5.37. The lowest BCUT2D eigenvalue weighted by Crippen LogP contribution is -1.95. The molecule has 1 heterocycles. The number of imidazole rings is 1. The summed E-state index contributed by atoms with van der Waals surface area (Å²) >= 11 is 0. The normalized spacial score (nSPS) is 12.7. The van der Waals surface area contributed by atoms with Crippen molar-refractivity contribution in [3.05, 3.63) is 53.9 Å². The monoisotopic (exact) mass is 282 g/mol. The number of fused-ring (bicyclic) bond motifs is 1. The maximum absolute atomic E-state index is 9.14. The number of rotatable bonds is 4. The van der Waals surface area contributed by atoms with Gasteiger partial charge in [0.15, 0.2) is 0 Å². The van der Waals surface area contributed by atoms with E-state index in [1.54, 1.807) is 7.11 Å². The number of hydrogen-bond acceptors (Lipinski definition) is 3. The molecule has 0 radical (unpaired) electrons. The van der Waals surface area contributed by atoms with Crippen LogP contribution < -0.4 is 0 Å². The lowest BCUT2D eigenvalue weighted by Gasteiger charge is -2.11. The molecule has 0 fully saturated rings. The first kappa shape index (κ1) is 13.8. The van der Waals surface area contributed by atoms with Gasteiger partial charge in [0.05, 0.1) is 17.1 Å². The molecule has 0 unspecified atom stereocenters. The van der Waals surface area contributed by atoms with Crippen LogP contribution in [0.5, 0.6) is 0 Å². The zero-order valence-corrected chi connectivity index (χ0v) is 12.1. The predicted octanol–water partition coefficient (Wildman–Crippen LogP) is 3.43. The molecule has 108 valence electrons. The van der Waals surface area contributed by atoms with E-state index in [1.165, 1.54) is 0 Å². The molecule has 0 saturated carbocycles. The Morgan fingerprint density at radius 2 is 2.00 bits per heavy atom. The van der Waals surface area contributed by atoms with Gasteiger partial charge < -0.3 is 14.8 Å². The summed E-state index contributed by atoms with van der Waals surface area (Å²) in [4.78, 5) is 7.42. The van der Waals surface area contributed by atoms with Gasteiger partial charge in [0.2, 0.25) is 0 Å². The van der Waals surface area contributed by atoms with Crippen molar-refractivity contribution in [2.75, 3.05) is 7.11 Å². The number of benzene rings is 2. The number of aromatic amines is 1. The Kier molecular flexibility index (Phi) is 3.73. The van der Waals surface area contributed by atoms with Crippen molar-refractivity contribution >= 4 is 11.0 Å². The Morgan fingerprint density at radius 3 is 2.76 bits per heavy atom. The van der Waals surface area contributed by atoms with Gasteiger partial charge in [-0.05, 0) is 41.8 Å². The predicted molar refractivity (Wildman–Crippen MR) is 82.9 cm³/mol. The van der Waals surface area contributed by atoms with Crippen molar-refractivity contribution < 1.29 is 9.84 Å². The van der Waals surface area contributed by atoms with E-state index in [9.17, 15) is 0 Å². The number of aliphatic hydroxyl groups is 1. The van der Waals surface area contributed by atoms with E-state index >= 15 is 0 Å². The maximum Gasteiger partial charge on any atom is 0.133 e. The fourth-order valence-corrected chi connectivity index (χ4v) is 2.42. The number of nitrogens with zero attached hydrogens (tertiary/aromatic N) is 1. The summed E-state index contributed by atoms with van der Waals surface area (Å²) in [5, 5.41) is 9.14. The smallest absolute Gasteiger partial charge is 0.133 e. The average molecular weight is 282 g/mol. The second-order valence-electron chi connectivity index (χ2n) is 5.08. The number of aliphatic hydroxyl groups excluding tert-OH is 1. The first-order chi connectivity index (χ1) is 10.2. The van der Waals surface area contributed by atoms with Crippen LogP contribution in [0.2, 0.25) is 0 Å². The average Bonchev–Trinajstić information content (AvgIpc) is 2.96. The molecule has 2 aromatic carbocycles. The Labute approximate surface area is 123 Å². The van der Waals surface area contributed by atoms with E-state index in [4.69, 9.17) is 9.84 Å². The van der Waals surface area contributed by atoms with Gasteiger partial charge in [0.1, 0.15) is 12.4 Å². The van der Waals surface area contributed by atoms with Crippen LogP contribution in [0.3, 0.4) is 0 Å². The Bertz CT molecular complexity index is 764. The number of methoxy groups -OCH3 is 1. The van der Waals surface area contributed by atoms with Crippen molar-refractivity contribution in [3.63, 3.8) is 0 Å². The van der Waals surface area contributed by atoms with E-state index in [1.807, 2.05) is 25.1 Å². The molecule has 0 aliphatic heterocycles. The first-order valence-electron chi connectivity index (χ1n) is 6.94. The second kappa shape index (κ2) is 5.68. The highest BCUT2D eigenvalue weighted by Crippen LogP contribution is 2.26. The van der Waals surface area contributed by atoms with Crippen LogP contribution >= 0.6 is 0 Å². The van der Waals surface area contributed by atoms with Crippen molar-refractivity contribution in [2.45, 2.75) is 19.6 Å². The molecule has 3 rings (SSSR count). The molecule has 0 saturated heterocycles. The minimum Gasteiger partial charge on any atom is -0.388 e. The summed E-state index contributed by atoms with van der Waals surface area (Å²) in [6.07, 6.45) is 0.0711. The van der Waals surface area contributed by atoms with Crippen LogP contribution in [-0.4, -0.2) is 22.2 Å². The van der Waals surface area contributed by atoms with Crippen molar-refractivity contribution in [2.24, 2.45) is 0 Å². The molecule has 4 nitrogen and oxygen atoms in total. The van der Waals surface area contributed by atoms with E-state index in [-0.39, 0.29) is 12.7 Å². The third kappa shape index (κ3) is 2.68. The number of hydrogen-bond donors (Lipinski definition) is 2. The van der Waals surface area contributed by atoms with Gasteiger partial charge in [-0.2, -0.15) is 0 Å². The summed E-state index contributed by atoms with van der Waals surface area (Å²) in [5.41, 5.74) is 5.20. The van der Waals surface area contributed by atoms with Crippen LogP contribution in [0.1, 0.15) is 24.4 Å². The van der Waals surface area contributed by atoms with E-state index < -0.39 is 0 Å². The second-order valence-corrected chi connectivity index (χ2v) is 5.08. The fourth-order valence-electron chi connectivity index (χ4n) is 2.42. The number of nitrogens with one attached hydrogen (secondary N) is 1. The number of H-pyrrole nitrogens is 1. The molecule has 1 atom stereocenters. The van der Waals surface area contributed by atoms with Gasteiger partial charge in [0, 0.05) is 7.11 Å². The summed E-state index contributed by atoms with van der Waals surface area (Å²) in [6.45, 7) is 1.95. The highest BCUT2D eigenvalue weighted by molar-refractivity contribution is 5.82. The minimum absolute atomic E-state index is 0.0711. The maximum atomic E-state index is 9.14.